The van der Waals surface area contributed by atoms with E-state index in [-0.39, 0.29) is 11.5 Å². The van der Waals surface area contributed by atoms with Crippen molar-refractivity contribution in [2.45, 2.75) is 26.3 Å². The van der Waals surface area contributed by atoms with Crippen LogP contribution in [-0.2, 0) is 0 Å². The molecule has 29 heavy (non-hydrogen) atoms. The molecule has 148 valence electrons. The van der Waals surface area contributed by atoms with Crippen LogP contribution in [0.5, 0.6) is 5.75 Å². The molecule has 0 spiro atoms. The van der Waals surface area contributed by atoms with Crippen LogP contribution in [0, 0.1) is 0 Å². The fraction of sp³-hybridized carbons (Fsp3) is 0.182. The lowest BCUT2D eigenvalue weighted by atomic mass is 10.0. The van der Waals surface area contributed by atoms with Crippen molar-refractivity contribution in [2.75, 3.05) is 4.90 Å². The molecule has 0 saturated carbocycles. The molecule has 0 bridgehead atoms. The number of hydrogen-bond acceptors (Lipinski definition) is 3. The van der Waals surface area contributed by atoms with Gasteiger partial charge in [0.05, 0.1) is 11.4 Å². The first-order chi connectivity index (χ1) is 13.6. The van der Waals surface area contributed by atoms with E-state index in [0.29, 0.717) is 17.1 Å². The Kier molecular flexibility index (Phi) is 4.11. The molecule has 0 unspecified atom stereocenters. The van der Waals surface area contributed by atoms with E-state index >= 15 is 0 Å². The van der Waals surface area contributed by atoms with Crippen LogP contribution in [0.15, 0.2) is 48.5 Å². The third kappa shape index (κ3) is 3.31. The van der Waals surface area contributed by atoms with Gasteiger partial charge in [0.15, 0.2) is 0 Å². The van der Waals surface area contributed by atoms with Gasteiger partial charge in [0, 0.05) is 33.0 Å². The molecule has 0 aliphatic rings. The van der Waals surface area contributed by atoms with E-state index in [9.17, 15) is 19.8 Å². The molecule has 7 nitrogen and oxygen atoms in total. The quantitative estimate of drug-likeness (QED) is 0.374. The van der Waals surface area contributed by atoms with E-state index in [4.69, 9.17) is 0 Å². The van der Waals surface area contributed by atoms with E-state index in [0.717, 1.165) is 21.8 Å². The number of aromatic amines is 2. The van der Waals surface area contributed by atoms with Crippen molar-refractivity contribution < 1.29 is 19.8 Å². The number of phenols is 1. The van der Waals surface area contributed by atoms with Gasteiger partial charge in [-0.15, -0.1) is 0 Å². The van der Waals surface area contributed by atoms with Crippen LogP contribution in [0.3, 0.4) is 0 Å². The molecule has 2 aromatic heterocycles. The number of aromatic nitrogens is 2. The highest BCUT2D eigenvalue weighted by Gasteiger charge is 2.28. The Morgan fingerprint density at radius 2 is 1.41 bits per heavy atom. The van der Waals surface area contributed by atoms with Crippen LogP contribution < -0.4 is 4.90 Å². The monoisotopic (exact) mass is 391 g/mol. The minimum atomic E-state index is -1.04. The third-order valence-corrected chi connectivity index (χ3v) is 4.82. The van der Waals surface area contributed by atoms with Gasteiger partial charge in [-0.05, 0) is 69.3 Å². The summed E-state index contributed by atoms with van der Waals surface area (Å²) in [6, 6.07) is 13.5. The summed E-state index contributed by atoms with van der Waals surface area (Å²) in [7, 11) is 0. The van der Waals surface area contributed by atoms with Gasteiger partial charge >= 0.3 is 6.09 Å². The molecule has 2 aromatic carbocycles. The number of nitrogens with one attached hydrogen (secondary N) is 2. The highest BCUT2D eigenvalue weighted by atomic mass is 16.4. The predicted molar refractivity (Wildman–Crippen MR) is 112 cm³/mol. The molecule has 0 atom stereocenters. The number of nitrogens with zero attached hydrogens (tertiary/aromatic N) is 1. The summed E-state index contributed by atoms with van der Waals surface area (Å²) in [5.41, 5.74) is 2.23. The Labute approximate surface area is 166 Å². The third-order valence-electron chi connectivity index (χ3n) is 4.82. The summed E-state index contributed by atoms with van der Waals surface area (Å²) >= 11 is 0. The van der Waals surface area contributed by atoms with E-state index in [1.165, 1.54) is 4.90 Å². The van der Waals surface area contributed by atoms with Crippen LogP contribution in [0.25, 0.3) is 21.8 Å². The lowest BCUT2D eigenvalue weighted by Gasteiger charge is -2.33. The maximum Gasteiger partial charge on any atom is 0.412 e. The molecule has 0 radical (unpaired) electrons. The van der Waals surface area contributed by atoms with Crippen LogP contribution in [0.2, 0.25) is 0 Å². The topological polar surface area (TPSA) is 109 Å². The number of carboxylic acid groups (broad SMARTS) is 1. The van der Waals surface area contributed by atoms with Gasteiger partial charge in [-0.1, -0.05) is 0 Å². The summed E-state index contributed by atoms with van der Waals surface area (Å²) in [5.74, 6) is -0.0835. The number of carbonyl (C=O) groups is 2. The molecular weight excluding hydrogens is 370 g/mol. The minimum Gasteiger partial charge on any atom is -0.508 e. The zero-order valence-corrected chi connectivity index (χ0v) is 16.3. The number of hydrogen-bond donors (Lipinski definition) is 4. The van der Waals surface area contributed by atoms with Gasteiger partial charge in [0.25, 0.3) is 0 Å². The van der Waals surface area contributed by atoms with Crippen molar-refractivity contribution in [2.24, 2.45) is 0 Å². The lowest BCUT2D eigenvalue weighted by Crippen LogP contribution is -2.45. The van der Waals surface area contributed by atoms with Crippen molar-refractivity contribution in [3.63, 3.8) is 0 Å². The van der Waals surface area contributed by atoms with Crippen molar-refractivity contribution in [3.05, 3.63) is 59.9 Å². The Hall–Kier alpha value is -3.74. The van der Waals surface area contributed by atoms with Gasteiger partial charge in [-0.2, -0.15) is 0 Å². The number of ketones is 1. The Bertz CT molecular complexity index is 1260. The van der Waals surface area contributed by atoms with E-state index in [1.807, 2.05) is 20.8 Å². The molecule has 0 aliphatic carbocycles. The van der Waals surface area contributed by atoms with Crippen molar-refractivity contribution >= 4 is 39.4 Å². The molecule has 7 heteroatoms. The summed E-state index contributed by atoms with van der Waals surface area (Å²) in [6.45, 7) is 5.47. The Morgan fingerprint density at radius 1 is 0.862 bits per heavy atom. The van der Waals surface area contributed by atoms with Crippen molar-refractivity contribution in [1.82, 2.24) is 9.97 Å². The number of carbonyl (C=O) groups excluding carboxylic acids is 1. The van der Waals surface area contributed by atoms with E-state index in [2.05, 4.69) is 9.97 Å². The summed E-state index contributed by atoms with van der Waals surface area (Å²) in [5, 5.41) is 20.7. The zero-order chi connectivity index (χ0) is 20.9. The first-order valence-corrected chi connectivity index (χ1v) is 9.16. The number of anilines is 1. The number of phenolic OH excluding ortho intramolecular Hbond substituents is 1. The predicted octanol–water partition coefficient (Wildman–Crippen LogP) is 4.87. The smallest absolute Gasteiger partial charge is 0.412 e. The molecule has 0 fully saturated rings. The van der Waals surface area contributed by atoms with Crippen molar-refractivity contribution in [1.29, 1.82) is 0 Å². The first-order valence-electron chi connectivity index (χ1n) is 9.16. The molecule has 0 saturated heterocycles. The molecule has 0 aliphatic heterocycles. The first kappa shape index (κ1) is 18.6. The van der Waals surface area contributed by atoms with Crippen LogP contribution >= 0.6 is 0 Å². The maximum absolute atomic E-state index is 12.9. The van der Waals surface area contributed by atoms with Gasteiger partial charge in [-0.25, -0.2) is 4.79 Å². The fourth-order valence-corrected chi connectivity index (χ4v) is 3.55. The maximum atomic E-state index is 12.9. The number of fused-ring (bicyclic) bond motifs is 2. The van der Waals surface area contributed by atoms with E-state index < -0.39 is 11.6 Å². The molecule has 4 rings (SSSR count). The average molecular weight is 391 g/mol. The summed E-state index contributed by atoms with van der Waals surface area (Å²) in [6.07, 6.45) is -1.04. The zero-order valence-electron chi connectivity index (χ0n) is 16.3. The number of amides is 1. The Morgan fingerprint density at radius 3 is 1.97 bits per heavy atom. The minimum absolute atomic E-state index is 0.135. The summed E-state index contributed by atoms with van der Waals surface area (Å²) < 4.78 is 0. The standard InChI is InChI=1S/C22H21N3O4/c1-22(2,3)25(21(28)29)14-4-6-16-12(8-14)10-18(23-16)20(27)19-11-13-9-15(26)5-7-17(13)24-19/h4-11,23-24,26H,1-3H3,(H,28,29). The van der Waals surface area contributed by atoms with Crippen molar-refractivity contribution in [3.8, 4) is 5.75 Å². The lowest BCUT2D eigenvalue weighted by molar-refractivity contribution is 0.103. The summed E-state index contributed by atoms with van der Waals surface area (Å²) in [4.78, 5) is 32.1. The normalized spacial score (nSPS) is 11.8. The highest BCUT2D eigenvalue weighted by Crippen LogP contribution is 2.29. The molecular formula is C22H21N3O4. The average Bonchev–Trinajstić information content (AvgIpc) is 3.22. The SMILES string of the molecule is CC(C)(C)N(C(=O)O)c1ccc2[nH]c(C(=O)c3cc4cc(O)ccc4[nH]3)cc2c1. The second kappa shape index (κ2) is 6.41. The molecule has 1 amide bonds. The number of rotatable bonds is 3. The van der Waals surface area contributed by atoms with Gasteiger partial charge in [0.1, 0.15) is 5.75 Å². The second-order valence-electron chi connectivity index (χ2n) is 8.03. The number of benzene rings is 2. The highest BCUT2D eigenvalue weighted by molar-refractivity contribution is 6.11. The van der Waals surface area contributed by atoms with Gasteiger partial charge in [0.2, 0.25) is 5.78 Å². The van der Waals surface area contributed by atoms with Crippen LogP contribution in [0.4, 0.5) is 10.5 Å². The number of H-pyrrole nitrogens is 2. The fourth-order valence-electron chi connectivity index (χ4n) is 3.55. The molecule has 4 N–H and O–H groups in total. The van der Waals surface area contributed by atoms with E-state index in [1.54, 1.807) is 48.5 Å². The Balaban J connectivity index is 1.73. The number of aromatic hydroxyl groups is 1. The molecule has 4 aromatic rings. The molecule has 2 heterocycles. The van der Waals surface area contributed by atoms with Crippen LogP contribution in [0.1, 0.15) is 37.0 Å². The largest absolute Gasteiger partial charge is 0.508 e. The second-order valence-corrected chi connectivity index (χ2v) is 8.03. The van der Waals surface area contributed by atoms with Crippen LogP contribution in [-0.4, -0.2) is 37.6 Å². The van der Waals surface area contributed by atoms with Gasteiger partial charge < -0.3 is 20.2 Å². The van der Waals surface area contributed by atoms with Gasteiger partial charge in [-0.3, -0.25) is 9.69 Å².